The third kappa shape index (κ3) is 2.96. The van der Waals surface area contributed by atoms with Crippen LogP contribution in [0.1, 0.15) is 17.0 Å². The molecule has 0 radical (unpaired) electrons. The van der Waals surface area contributed by atoms with Crippen LogP contribution in [0.15, 0.2) is 22.8 Å². The summed E-state index contributed by atoms with van der Waals surface area (Å²) < 4.78 is 0.805. The van der Waals surface area contributed by atoms with Crippen LogP contribution in [-0.2, 0) is 11.2 Å². The van der Waals surface area contributed by atoms with Crippen LogP contribution in [0.4, 0.5) is 0 Å². The summed E-state index contributed by atoms with van der Waals surface area (Å²) in [5.41, 5.74) is 2.64. The van der Waals surface area contributed by atoms with Gasteiger partial charge in [-0.25, -0.2) is 9.97 Å². The number of hydrogen-bond acceptors (Lipinski definition) is 4. The molecule has 0 saturated carbocycles. The van der Waals surface area contributed by atoms with Gasteiger partial charge in [-0.15, -0.1) is 0 Å². The molecule has 2 heterocycles. The van der Waals surface area contributed by atoms with Gasteiger partial charge < -0.3 is 5.11 Å². The molecular weight excluding hydrogens is 310 g/mol. The molecule has 0 aliphatic heterocycles. The number of nitrogens with zero attached hydrogens (tertiary/aromatic N) is 3. The van der Waals surface area contributed by atoms with Gasteiger partial charge in [0.1, 0.15) is 5.69 Å². The maximum Gasteiger partial charge on any atom is 0.307 e. The van der Waals surface area contributed by atoms with E-state index in [4.69, 9.17) is 5.11 Å². The molecule has 0 bridgehead atoms. The van der Waals surface area contributed by atoms with E-state index in [1.165, 1.54) is 0 Å². The lowest BCUT2D eigenvalue weighted by atomic mass is 10.1. The summed E-state index contributed by atoms with van der Waals surface area (Å²) >= 11 is 3.40. The van der Waals surface area contributed by atoms with Gasteiger partial charge >= 0.3 is 5.97 Å². The molecule has 6 heteroatoms. The molecule has 0 spiro atoms. The van der Waals surface area contributed by atoms with E-state index in [1.807, 2.05) is 12.1 Å². The van der Waals surface area contributed by atoms with E-state index in [-0.39, 0.29) is 6.42 Å². The zero-order chi connectivity index (χ0) is 14.0. The Balaban J connectivity index is 2.51. The Labute approximate surface area is 118 Å². The van der Waals surface area contributed by atoms with E-state index in [0.717, 1.165) is 4.47 Å². The summed E-state index contributed by atoms with van der Waals surface area (Å²) in [4.78, 5) is 23.7. The number of rotatable bonds is 3. The lowest BCUT2D eigenvalue weighted by Crippen LogP contribution is -2.09. The Morgan fingerprint density at radius 3 is 2.47 bits per heavy atom. The molecule has 2 rings (SSSR count). The van der Waals surface area contributed by atoms with Crippen molar-refractivity contribution < 1.29 is 9.90 Å². The largest absolute Gasteiger partial charge is 0.481 e. The third-order valence-electron chi connectivity index (χ3n) is 2.72. The number of pyridine rings is 1. The van der Waals surface area contributed by atoms with E-state index in [9.17, 15) is 4.79 Å². The molecule has 0 amide bonds. The summed E-state index contributed by atoms with van der Waals surface area (Å²) in [5, 5.41) is 8.87. The minimum absolute atomic E-state index is 0.0681. The average Bonchev–Trinajstić information content (AvgIpc) is 2.34. The molecule has 0 atom stereocenters. The lowest BCUT2D eigenvalue weighted by Gasteiger charge is -2.09. The van der Waals surface area contributed by atoms with E-state index >= 15 is 0 Å². The van der Waals surface area contributed by atoms with Gasteiger partial charge in [-0.2, -0.15) is 0 Å². The summed E-state index contributed by atoms with van der Waals surface area (Å²) in [6.45, 7) is 3.57. The van der Waals surface area contributed by atoms with Gasteiger partial charge in [-0.05, 0) is 41.9 Å². The van der Waals surface area contributed by atoms with Crippen LogP contribution < -0.4 is 0 Å². The number of hydrogen-bond donors (Lipinski definition) is 1. The predicted molar refractivity (Wildman–Crippen MR) is 73.8 cm³/mol. The van der Waals surface area contributed by atoms with Crippen molar-refractivity contribution in [3.63, 3.8) is 0 Å². The minimum Gasteiger partial charge on any atom is -0.481 e. The van der Waals surface area contributed by atoms with Crippen molar-refractivity contribution in [3.8, 4) is 11.5 Å². The Morgan fingerprint density at radius 1 is 1.32 bits per heavy atom. The average molecular weight is 322 g/mol. The van der Waals surface area contributed by atoms with Gasteiger partial charge in [0.2, 0.25) is 0 Å². The molecule has 0 saturated heterocycles. The van der Waals surface area contributed by atoms with Crippen LogP contribution >= 0.6 is 15.9 Å². The normalized spacial score (nSPS) is 10.5. The predicted octanol–water partition coefficient (Wildman–Crippen LogP) is 2.55. The zero-order valence-corrected chi connectivity index (χ0v) is 12.1. The molecule has 2 aromatic heterocycles. The van der Waals surface area contributed by atoms with Crippen molar-refractivity contribution in [2.24, 2.45) is 0 Å². The Kier molecular flexibility index (Phi) is 3.90. The topological polar surface area (TPSA) is 76.0 Å². The zero-order valence-electron chi connectivity index (χ0n) is 10.5. The van der Waals surface area contributed by atoms with Gasteiger partial charge in [-0.1, -0.05) is 0 Å². The number of carbonyl (C=O) groups is 1. The number of carboxylic acid groups (broad SMARTS) is 1. The summed E-state index contributed by atoms with van der Waals surface area (Å²) in [7, 11) is 0. The Bertz CT molecular complexity index is 621. The second-order valence-corrected chi connectivity index (χ2v) is 4.96. The first-order valence-corrected chi connectivity index (χ1v) is 6.45. The number of aromatic nitrogens is 3. The summed E-state index contributed by atoms with van der Waals surface area (Å²) in [6.07, 6.45) is 1.60. The molecule has 5 nitrogen and oxygen atoms in total. The maximum absolute atomic E-state index is 10.8. The lowest BCUT2D eigenvalue weighted by molar-refractivity contribution is -0.136. The number of aliphatic carboxylic acids is 1. The molecule has 98 valence electrons. The molecule has 0 aromatic carbocycles. The maximum atomic E-state index is 10.8. The van der Waals surface area contributed by atoms with Gasteiger partial charge in [0, 0.05) is 27.6 Å². The van der Waals surface area contributed by atoms with E-state index in [0.29, 0.717) is 28.5 Å². The highest BCUT2D eigenvalue weighted by Crippen LogP contribution is 2.24. The van der Waals surface area contributed by atoms with Crippen molar-refractivity contribution in [1.29, 1.82) is 0 Å². The quantitative estimate of drug-likeness (QED) is 0.940. The van der Waals surface area contributed by atoms with Crippen LogP contribution in [0, 0.1) is 13.8 Å². The summed E-state index contributed by atoms with van der Waals surface area (Å²) in [6, 6.07) is 3.67. The molecule has 0 aliphatic carbocycles. The van der Waals surface area contributed by atoms with Crippen molar-refractivity contribution >= 4 is 21.9 Å². The molecule has 0 fully saturated rings. The van der Waals surface area contributed by atoms with Crippen LogP contribution in [0.3, 0.4) is 0 Å². The fourth-order valence-electron chi connectivity index (χ4n) is 1.80. The number of aryl methyl sites for hydroxylation is 2. The van der Waals surface area contributed by atoms with Gasteiger partial charge in [0.05, 0.1) is 6.42 Å². The Morgan fingerprint density at radius 2 is 1.95 bits per heavy atom. The van der Waals surface area contributed by atoms with Gasteiger partial charge in [0.25, 0.3) is 0 Å². The molecule has 0 unspecified atom stereocenters. The SMILES string of the molecule is Cc1nc(-c2ncccc2Br)nc(C)c1CC(=O)O. The van der Waals surface area contributed by atoms with Crippen molar-refractivity contribution in [2.75, 3.05) is 0 Å². The van der Waals surface area contributed by atoms with Gasteiger partial charge in [-0.3, -0.25) is 9.78 Å². The number of carboxylic acids is 1. The second kappa shape index (κ2) is 5.44. The van der Waals surface area contributed by atoms with E-state index in [1.54, 1.807) is 20.0 Å². The molecule has 19 heavy (non-hydrogen) atoms. The smallest absolute Gasteiger partial charge is 0.307 e. The van der Waals surface area contributed by atoms with Crippen molar-refractivity contribution in [3.05, 3.63) is 39.8 Å². The highest BCUT2D eigenvalue weighted by molar-refractivity contribution is 9.10. The fraction of sp³-hybridized carbons (Fsp3) is 0.231. The first-order chi connectivity index (χ1) is 8.99. The van der Waals surface area contributed by atoms with Crippen LogP contribution in [0.2, 0.25) is 0 Å². The van der Waals surface area contributed by atoms with Crippen LogP contribution in [-0.4, -0.2) is 26.0 Å². The fourth-order valence-corrected chi connectivity index (χ4v) is 2.23. The Hall–Kier alpha value is -1.82. The van der Waals surface area contributed by atoms with Crippen molar-refractivity contribution in [2.45, 2.75) is 20.3 Å². The number of halogens is 1. The summed E-state index contributed by atoms with van der Waals surface area (Å²) in [5.74, 6) is -0.391. The van der Waals surface area contributed by atoms with E-state index < -0.39 is 5.97 Å². The first kappa shape index (κ1) is 13.6. The van der Waals surface area contributed by atoms with E-state index in [2.05, 4.69) is 30.9 Å². The first-order valence-electron chi connectivity index (χ1n) is 5.66. The second-order valence-electron chi connectivity index (χ2n) is 4.10. The molecule has 0 aliphatic rings. The third-order valence-corrected chi connectivity index (χ3v) is 3.36. The molecular formula is C13H12BrN3O2. The van der Waals surface area contributed by atoms with Crippen LogP contribution in [0.5, 0.6) is 0 Å². The van der Waals surface area contributed by atoms with Crippen LogP contribution in [0.25, 0.3) is 11.5 Å². The minimum atomic E-state index is -0.887. The standard InChI is InChI=1S/C13H12BrN3O2/c1-7-9(6-11(18)19)8(2)17-13(16-7)12-10(14)4-3-5-15-12/h3-5H,6H2,1-2H3,(H,18,19). The highest BCUT2D eigenvalue weighted by atomic mass is 79.9. The van der Waals surface area contributed by atoms with Gasteiger partial charge in [0.15, 0.2) is 5.82 Å². The highest BCUT2D eigenvalue weighted by Gasteiger charge is 2.14. The molecule has 1 N–H and O–H groups in total. The monoisotopic (exact) mass is 321 g/mol. The molecule has 2 aromatic rings. The van der Waals surface area contributed by atoms with Crippen molar-refractivity contribution in [1.82, 2.24) is 15.0 Å².